The summed E-state index contributed by atoms with van der Waals surface area (Å²) in [6.45, 7) is 0.207. The number of benzene rings is 2. The molecule has 0 spiro atoms. The summed E-state index contributed by atoms with van der Waals surface area (Å²) < 4.78 is 49.3. The summed E-state index contributed by atoms with van der Waals surface area (Å²) in [5, 5.41) is 2.61. The average Bonchev–Trinajstić information content (AvgIpc) is 2.45. The molecule has 2 nitrogen and oxygen atoms in total. The van der Waals surface area contributed by atoms with E-state index in [0.29, 0.717) is 0 Å². The number of hydrogen-bond donors (Lipinski definition) is 1. The number of hydrogen-bond acceptors (Lipinski definition) is 2. The maximum atomic E-state index is 12.7. The minimum absolute atomic E-state index is 0.0163. The van der Waals surface area contributed by atoms with Crippen LogP contribution in [0.25, 0.3) is 0 Å². The fourth-order valence-corrected chi connectivity index (χ4v) is 2.23. The van der Waals surface area contributed by atoms with Crippen LogP contribution in [0.5, 0.6) is 0 Å². The Morgan fingerprint density at radius 1 is 1.00 bits per heavy atom. The molecule has 0 atom stereocenters. The molecule has 0 aliphatic carbocycles. The van der Waals surface area contributed by atoms with Gasteiger partial charge in [-0.1, -0.05) is 12.1 Å². The van der Waals surface area contributed by atoms with E-state index in [-0.39, 0.29) is 34.6 Å². The van der Waals surface area contributed by atoms with Crippen LogP contribution in [0.2, 0.25) is 0 Å². The Morgan fingerprint density at radius 3 is 2.14 bits per heavy atom. The second kappa shape index (κ2) is 6.83. The number of amides is 1. The summed E-state index contributed by atoms with van der Waals surface area (Å²) in [5.74, 6) is -0.777. The molecule has 0 bridgehead atoms. The third kappa shape index (κ3) is 5.07. The van der Waals surface area contributed by atoms with E-state index in [1.807, 2.05) is 0 Å². The largest absolute Gasteiger partial charge is 0.446 e. The molecule has 7 heteroatoms. The van der Waals surface area contributed by atoms with Crippen LogP contribution < -0.4 is 5.32 Å². The average molecular weight is 329 g/mol. The third-order valence-electron chi connectivity index (χ3n) is 2.72. The highest BCUT2D eigenvalue weighted by molar-refractivity contribution is 8.00. The summed E-state index contributed by atoms with van der Waals surface area (Å²) in [4.78, 5) is 11.9. The van der Waals surface area contributed by atoms with Gasteiger partial charge in [0.2, 0.25) is 0 Å². The molecular formula is C15H11F4NOS. The summed E-state index contributed by atoms with van der Waals surface area (Å²) in [7, 11) is 0. The standard InChI is InChI=1S/C15H11F4NOS/c16-12-5-1-10(2-6-12)9-20-14(21)11-3-7-13(8-4-11)22-15(17,18)19/h1-8H,9H2,(H,20,21). The molecule has 22 heavy (non-hydrogen) atoms. The van der Waals surface area contributed by atoms with Crippen molar-refractivity contribution in [1.82, 2.24) is 5.32 Å². The second-order valence-corrected chi connectivity index (χ2v) is 5.52. The van der Waals surface area contributed by atoms with Crippen LogP contribution in [0.3, 0.4) is 0 Å². The van der Waals surface area contributed by atoms with Crippen molar-refractivity contribution in [2.45, 2.75) is 16.9 Å². The van der Waals surface area contributed by atoms with Crippen molar-refractivity contribution in [3.8, 4) is 0 Å². The van der Waals surface area contributed by atoms with Gasteiger partial charge in [-0.3, -0.25) is 4.79 Å². The summed E-state index contributed by atoms with van der Waals surface area (Å²) in [5.41, 5.74) is -3.38. The lowest BCUT2D eigenvalue weighted by Gasteiger charge is -2.08. The fourth-order valence-electron chi connectivity index (χ4n) is 1.69. The lowest BCUT2D eigenvalue weighted by molar-refractivity contribution is -0.0328. The van der Waals surface area contributed by atoms with Crippen LogP contribution in [0.4, 0.5) is 17.6 Å². The highest BCUT2D eigenvalue weighted by atomic mass is 32.2. The molecular weight excluding hydrogens is 318 g/mol. The first-order valence-corrected chi connectivity index (χ1v) is 7.03. The smallest absolute Gasteiger partial charge is 0.348 e. The van der Waals surface area contributed by atoms with E-state index >= 15 is 0 Å². The van der Waals surface area contributed by atoms with Crippen molar-refractivity contribution in [3.05, 3.63) is 65.5 Å². The zero-order valence-corrected chi connectivity index (χ0v) is 12.0. The van der Waals surface area contributed by atoms with Crippen LogP contribution in [-0.2, 0) is 6.54 Å². The van der Waals surface area contributed by atoms with E-state index in [0.717, 1.165) is 5.56 Å². The molecule has 116 valence electrons. The van der Waals surface area contributed by atoms with Gasteiger partial charge in [-0.25, -0.2) is 4.39 Å². The molecule has 1 amide bonds. The van der Waals surface area contributed by atoms with Crippen LogP contribution in [0.1, 0.15) is 15.9 Å². The van der Waals surface area contributed by atoms with E-state index in [4.69, 9.17) is 0 Å². The zero-order valence-electron chi connectivity index (χ0n) is 11.2. The van der Waals surface area contributed by atoms with Crippen molar-refractivity contribution in [2.24, 2.45) is 0 Å². The first-order valence-electron chi connectivity index (χ1n) is 6.22. The maximum Gasteiger partial charge on any atom is 0.446 e. The normalized spacial score (nSPS) is 11.3. The Hall–Kier alpha value is -2.02. The first-order chi connectivity index (χ1) is 10.3. The summed E-state index contributed by atoms with van der Waals surface area (Å²) in [6, 6.07) is 10.8. The third-order valence-corrected chi connectivity index (χ3v) is 3.46. The molecule has 1 N–H and O–H groups in total. The van der Waals surface area contributed by atoms with Crippen molar-refractivity contribution >= 4 is 17.7 Å². The molecule has 2 aromatic rings. The zero-order chi connectivity index (χ0) is 16.2. The number of halogens is 4. The summed E-state index contributed by atoms with van der Waals surface area (Å²) in [6.07, 6.45) is 0. The van der Waals surface area contributed by atoms with Gasteiger partial charge in [-0.05, 0) is 53.7 Å². The SMILES string of the molecule is O=C(NCc1ccc(F)cc1)c1ccc(SC(F)(F)F)cc1. The molecule has 2 rings (SSSR count). The molecule has 0 unspecified atom stereocenters. The predicted octanol–water partition coefficient (Wildman–Crippen LogP) is 4.37. The van der Waals surface area contributed by atoms with Gasteiger partial charge in [-0.2, -0.15) is 13.2 Å². The van der Waals surface area contributed by atoms with E-state index in [9.17, 15) is 22.4 Å². The van der Waals surface area contributed by atoms with Crippen molar-refractivity contribution in [2.75, 3.05) is 0 Å². The van der Waals surface area contributed by atoms with Gasteiger partial charge in [-0.15, -0.1) is 0 Å². The fraction of sp³-hybridized carbons (Fsp3) is 0.133. The van der Waals surface area contributed by atoms with E-state index in [1.165, 1.54) is 36.4 Å². The number of alkyl halides is 3. The number of carbonyl (C=O) groups is 1. The number of nitrogens with one attached hydrogen (secondary N) is 1. The van der Waals surface area contributed by atoms with Crippen LogP contribution in [0.15, 0.2) is 53.4 Å². The van der Waals surface area contributed by atoms with Crippen molar-refractivity contribution in [3.63, 3.8) is 0 Å². The van der Waals surface area contributed by atoms with Crippen molar-refractivity contribution < 1.29 is 22.4 Å². The van der Waals surface area contributed by atoms with E-state index in [1.54, 1.807) is 12.1 Å². The lowest BCUT2D eigenvalue weighted by Crippen LogP contribution is -2.22. The lowest BCUT2D eigenvalue weighted by atomic mass is 10.2. The van der Waals surface area contributed by atoms with Gasteiger partial charge < -0.3 is 5.32 Å². The highest BCUT2D eigenvalue weighted by Gasteiger charge is 2.29. The monoisotopic (exact) mass is 329 g/mol. The highest BCUT2D eigenvalue weighted by Crippen LogP contribution is 2.36. The molecule has 2 aromatic carbocycles. The van der Waals surface area contributed by atoms with Crippen LogP contribution in [-0.4, -0.2) is 11.4 Å². The number of carbonyl (C=O) groups excluding carboxylic acids is 1. The minimum Gasteiger partial charge on any atom is -0.348 e. The Balaban J connectivity index is 1.93. The Bertz CT molecular complexity index is 638. The molecule has 0 aliphatic heterocycles. The van der Waals surface area contributed by atoms with Crippen LogP contribution >= 0.6 is 11.8 Å². The van der Waals surface area contributed by atoms with Gasteiger partial charge in [0.15, 0.2) is 0 Å². The Labute approximate surface area is 128 Å². The first kappa shape index (κ1) is 16.4. The van der Waals surface area contributed by atoms with Crippen molar-refractivity contribution in [1.29, 1.82) is 0 Å². The molecule has 0 aliphatic rings. The number of rotatable bonds is 4. The molecule has 0 heterocycles. The molecule has 0 radical (unpaired) electrons. The van der Waals surface area contributed by atoms with E-state index < -0.39 is 11.4 Å². The minimum atomic E-state index is -4.35. The Kier molecular flexibility index (Phi) is 5.07. The number of thioether (sulfide) groups is 1. The topological polar surface area (TPSA) is 29.1 Å². The second-order valence-electron chi connectivity index (χ2n) is 4.38. The summed E-state index contributed by atoms with van der Waals surface area (Å²) >= 11 is -0.234. The maximum absolute atomic E-state index is 12.7. The van der Waals surface area contributed by atoms with Crippen LogP contribution in [0, 0.1) is 5.82 Å². The van der Waals surface area contributed by atoms with Gasteiger partial charge in [0.25, 0.3) is 5.91 Å². The quantitative estimate of drug-likeness (QED) is 0.667. The Morgan fingerprint density at radius 2 is 1.59 bits per heavy atom. The molecule has 0 saturated carbocycles. The molecule has 0 aromatic heterocycles. The van der Waals surface area contributed by atoms with E-state index in [2.05, 4.69) is 5.32 Å². The molecule has 0 saturated heterocycles. The van der Waals surface area contributed by atoms with Gasteiger partial charge in [0.1, 0.15) is 5.82 Å². The van der Waals surface area contributed by atoms with Gasteiger partial charge in [0.05, 0.1) is 0 Å². The predicted molar refractivity (Wildman–Crippen MR) is 75.9 cm³/mol. The molecule has 0 fully saturated rings. The van der Waals surface area contributed by atoms with Gasteiger partial charge in [0, 0.05) is 17.0 Å². The van der Waals surface area contributed by atoms with Gasteiger partial charge >= 0.3 is 5.51 Å².